The number of ether oxygens (including phenoxy) is 3. The van der Waals surface area contributed by atoms with Crippen molar-refractivity contribution in [2.24, 2.45) is 5.92 Å². The van der Waals surface area contributed by atoms with Crippen molar-refractivity contribution in [2.75, 3.05) is 26.2 Å². The second-order valence-corrected chi connectivity index (χ2v) is 13.6. The van der Waals surface area contributed by atoms with Gasteiger partial charge in [0.25, 0.3) is 0 Å². The number of fused-ring (bicyclic) bond motifs is 1. The van der Waals surface area contributed by atoms with E-state index in [2.05, 4.69) is 9.88 Å². The highest BCUT2D eigenvalue weighted by molar-refractivity contribution is 6.15. The second-order valence-electron chi connectivity index (χ2n) is 13.6. The van der Waals surface area contributed by atoms with Crippen molar-refractivity contribution >= 4 is 24.0 Å². The van der Waals surface area contributed by atoms with Crippen molar-refractivity contribution in [3.05, 3.63) is 59.4 Å². The highest BCUT2D eigenvalue weighted by atomic mass is 16.6. The molecule has 0 spiro atoms. The van der Waals surface area contributed by atoms with Gasteiger partial charge in [0.15, 0.2) is 0 Å². The number of amides is 2. The Kier molecular flexibility index (Phi) is 10.1. The van der Waals surface area contributed by atoms with E-state index in [1.54, 1.807) is 72.1 Å². The molecule has 3 heterocycles. The molecule has 12 heteroatoms. The van der Waals surface area contributed by atoms with Crippen LogP contribution in [-0.4, -0.2) is 81.3 Å². The van der Waals surface area contributed by atoms with E-state index in [9.17, 15) is 19.5 Å². The molecule has 2 aromatic rings. The standard InChI is InChI=1S/C33H45N5O7/c1-31(2,3)44-28(39)33(27(34)36-29(40)41)26-19-25(8-7-24(26)13-18-38(33)30(42)45-32(4,5)6)43-21-23-11-16-37(17-12-23)20-22-9-14-35-15-10-22/h7-10,14-15,19,23H,11-13,16-18,20-21H2,1-6H3,(H2,34,36)(H,40,41). The fourth-order valence-electron chi connectivity index (χ4n) is 5.70. The molecule has 1 saturated heterocycles. The average molecular weight is 624 g/mol. The fourth-order valence-corrected chi connectivity index (χ4v) is 5.70. The van der Waals surface area contributed by atoms with E-state index < -0.39 is 40.7 Å². The molecule has 0 radical (unpaired) electrons. The summed E-state index contributed by atoms with van der Waals surface area (Å²) in [5.74, 6) is -0.959. The molecular weight excluding hydrogens is 578 g/mol. The lowest BCUT2D eigenvalue weighted by atomic mass is 9.79. The molecule has 1 unspecified atom stereocenters. The highest BCUT2D eigenvalue weighted by Gasteiger charge is 2.58. The van der Waals surface area contributed by atoms with Gasteiger partial charge in [-0.2, -0.15) is 0 Å². The van der Waals surface area contributed by atoms with Gasteiger partial charge in [-0.25, -0.2) is 14.4 Å². The molecule has 1 aromatic heterocycles. The van der Waals surface area contributed by atoms with Crippen molar-refractivity contribution in [1.82, 2.24) is 20.1 Å². The molecule has 45 heavy (non-hydrogen) atoms. The van der Waals surface area contributed by atoms with Crippen LogP contribution >= 0.6 is 0 Å². The van der Waals surface area contributed by atoms with E-state index in [0.717, 1.165) is 37.4 Å². The van der Waals surface area contributed by atoms with E-state index in [4.69, 9.17) is 19.6 Å². The number of carbonyl (C=O) groups excluding carboxylic acids is 2. The lowest BCUT2D eigenvalue weighted by Crippen LogP contribution is -2.67. The van der Waals surface area contributed by atoms with E-state index >= 15 is 0 Å². The molecule has 2 amide bonds. The van der Waals surface area contributed by atoms with Gasteiger partial charge in [0, 0.05) is 31.0 Å². The predicted molar refractivity (Wildman–Crippen MR) is 167 cm³/mol. The molecule has 3 N–H and O–H groups in total. The minimum absolute atomic E-state index is 0.0108. The summed E-state index contributed by atoms with van der Waals surface area (Å²) in [6.45, 7) is 13.2. The predicted octanol–water partition coefficient (Wildman–Crippen LogP) is 4.95. The molecular formula is C33H45N5O7. The number of amidine groups is 1. The number of benzene rings is 1. The van der Waals surface area contributed by atoms with Gasteiger partial charge in [-0.3, -0.25) is 25.5 Å². The van der Waals surface area contributed by atoms with Gasteiger partial charge in [-0.15, -0.1) is 0 Å². The highest BCUT2D eigenvalue weighted by Crippen LogP contribution is 2.41. The number of carboxylic acid groups (broad SMARTS) is 1. The smallest absolute Gasteiger partial charge is 0.411 e. The van der Waals surface area contributed by atoms with Crippen LogP contribution in [0.15, 0.2) is 42.7 Å². The lowest BCUT2D eigenvalue weighted by molar-refractivity contribution is -0.166. The van der Waals surface area contributed by atoms with Gasteiger partial charge >= 0.3 is 18.2 Å². The Morgan fingerprint density at radius 1 is 1.00 bits per heavy atom. The van der Waals surface area contributed by atoms with E-state index in [0.29, 0.717) is 30.3 Å². The Morgan fingerprint density at radius 2 is 1.64 bits per heavy atom. The second kappa shape index (κ2) is 13.4. The van der Waals surface area contributed by atoms with Crippen molar-refractivity contribution in [1.29, 1.82) is 5.41 Å². The van der Waals surface area contributed by atoms with Gasteiger partial charge in [0.2, 0.25) is 5.54 Å². The first-order chi connectivity index (χ1) is 21.1. The maximum Gasteiger partial charge on any atom is 0.411 e. The summed E-state index contributed by atoms with van der Waals surface area (Å²) < 4.78 is 17.7. The fraction of sp³-hybridized carbons (Fsp3) is 0.545. The van der Waals surface area contributed by atoms with Crippen LogP contribution in [-0.2, 0) is 32.8 Å². The van der Waals surface area contributed by atoms with Crippen LogP contribution in [0.2, 0.25) is 0 Å². The first-order valence-corrected chi connectivity index (χ1v) is 15.3. The monoisotopic (exact) mass is 623 g/mol. The van der Waals surface area contributed by atoms with E-state index in [1.165, 1.54) is 5.56 Å². The van der Waals surface area contributed by atoms with Crippen molar-refractivity contribution < 1.29 is 33.7 Å². The van der Waals surface area contributed by atoms with Crippen molar-refractivity contribution in [2.45, 2.75) is 84.1 Å². The molecule has 1 fully saturated rings. The summed E-state index contributed by atoms with van der Waals surface area (Å²) in [6, 6.07) is 9.26. The Morgan fingerprint density at radius 3 is 2.24 bits per heavy atom. The molecule has 0 saturated carbocycles. The van der Waals surface area contributed by atoms with E-state index in [1.807, 2.05) is 17.4 Å². The van der Waals surface area contributed by atoms with Crippen LogP contribution < -0.4 is 10.1 Å². The number of nitrogens with zero attached hydrogens (tertiary/aromatic N) is 3. The number of nitrogens with one attached hydrogen (secondary N) is 2. The van der Waals surface area contributed by atoms with Crippen LogP contribution in [0, 0.1) is 11.3 Å². The maximum absolute atomic E-state index is 14.2. The Bertz CT molecular complexity index is 1390. The summed E-state index contributed by atoms with van der Waals surface area (Å²) in [5.41, 5.74) is -2.07. The zero-order valence-electron chi connectivity index (χ0n) is 27.0. The summed E-state index contributed by atoms with van der Waals surface area (Å²) in [4.78, 5) is 47.2. The number of rotatable bonds is 7. The molecule has 1 aromatic carbocycles. The third-order valence-corrected chi connectivity index (χ3v) is 7.73. The number of piperidine rings is 1. The molecule has 2 aliphatic heterocycles. The molecule has 12 nitrogen and oxygen atoms in total. The molecule has 1 atom stereocenters. The normalized spacial score (nSPS) is 19.3. The third kappa shape index (κ3) is 8.30. The topological polar surface area (TPSA) is 154 Å². The quantitative estimate of drug-likeness (QED) is 0.221. The Hall–Kier alpha value is -4.19. The summed E-state index contributed by atoms with van der Waals surface area (Å²) in [5, 5.41) is 20.6. The zero-order valence-corrected chi connectivity index (χ0v) is 27.0. The van der Waals surface area contributed by atoms with Crippen molar-refractivity contribution in [3.63, 3.8) is 0 Å². The van der Waals surface area contributed by atoms with Gasteiger partial charge < -0.3 is 19.3 Å². The van der Waals surface area contributed by atoms with Crippen LogP contribution in [0.25, 0.3) is 0 Å². The number of esters is 1. The zero-order chi connectivity index (χ0) is 33.0. The summed E-state index contributed by atoms with van der Waals surface area (Å²) in [6.07, 6.45) is 3.43. The largest absolute Gasteiger partial charge is 0.493 e. The number of carbonyl (C=O) groups is 3. The first kappa shape index (κ1) is 33.7. The summed E-state index contributed by atoms with van der Waals surface area (Å²) in [7, 11) is 0. The minimum Gasteiger partial charge on any atom is -0.493 e. The molecule has 0 aliphatic carbocycles. The number of pyridine rings is 1. The van der Waals surface area contributed by atoms with Crippen LogP contribution in [0.3, 0.4) is 0 Å². The number of hydrogen-bond acceptors (Lipinski definition) is 9. The van der Waals surface area contributed by atoms with Crippen LogP contribution in [0.4, 0.5) is 9.59 Å². The van der Waals surface area contributed by atoms with E-state index in [-0.39, 0.29) is 12.1 Å². The van der Waals surface area contributed by atoms with Crippen LogP contribution in [0.1, 0.15) is 71.1 Å². The number of likely N-dealkylation sites (tertiary alicyclic amines) is 1. The van der Waals surface area contributed by atoms with Gasteiger partial charge in [-0.05, 0) is 115 Å². The van der Waals surface area contributed by atoms with Gasteiger partial charge in [0.1, 0.15) is 22.8 Å². The molecule has 2 aliphatic rings. The molecule has 0 bridgehead atoms. The lowest BCUT2D eigenvalue weighted by Gasteiger charge is -2.46. The average Bonchev–Trinajstić information content (AvgIpc) is 2.94. The minimum atomic E-state index is -2.26. The van der Waals surface area contributed by atoms with Gasteiger partial charge in [-0.1, -0.05) is 6.07 Å². The number of aromatic nitrogens is 1. The van der Waals surface area contributed by atoms with Gasteiger partial charge in [0.05, 0.1) is 6.61 Å². The first-order valence-electron chi connectivity index (χ1n) is 15.3. The Labute approximate surface area is 264 Å². The third-order valence-electron chi connectivity index (χ3n) is 7.73. The molecule has 244 valence electrons. The molecule has 4 rings (SSSR count). The SMILES string of the molecule is CC(C)(C)OC(=O)N1CCc2ccc(OCC3CCN(Cc4ccncc4)CC3)cc2C1(C(=N)NC(=O)O)C(=O)OC(C)(C)C. The Balaban J connectivity index is 1.63. The van der Waals surface area contributed by atoms with Crippen molar-refractivity contribution in [3.8, 4) is 5.75 Å². The maximum atomic E-state index is 14.2. The number of hydrogen-bond donors (Lipinski definition) is 3. The summed E-state index contributed by atoms with van der Waals surface area (Å²) >= 11 is 0. The van der Waals surface area contributed by atoms with Crippen LogP contribution in [0.5, 0.6) is 5.75 Å².